The van der Waals surface area contributed by atoms with Crippen molar-refractivity contribution in [1.29, 1.82) is 0 Å². The van der Waals surface area contributed by atoms with E-state index in [-0.39, 0.29) is 10.8 Å². The number of nitrogens with zero attached hydrogens (tertiary/aromatic N) is 1. The van der Waals surface area contributed by atoms with Gasteiger partial charge >= 0.3 is 0 Å². The molecule has 0 saturated heterocycles. The Labute approximate surface area is 378 Å². The standard InChI is InChI=1S/C63H51N/c1-61(2)34-35-62(3,4)59-39-44(32-33-57(59)61)52-40-53-51-28-16-19-31-56(51)63(54-29-17-14-26-49(54)50-27-15-18-30-55(50)63)58(53)41-60(52)64(47-24-12-7-13-25-47)48-37-45(42-20-8-5-9-21-42)36-46(38-48)43-22-10-6-11-23-43/h5-33,36-41H,34-35H2,1-4H3. The number of anilines is 3. The molecule has 3 aliphatic rings. The molecule has 0 amide bonds. The van der Waals surface area contributed by atoms with E-state index in [0.29, 0.717) is 0 Å². The molecule has 0 aliphatic heterocycles. The minimum absolute atomic E-state index is 0.0550. The first kappa shape index (κ1) is 38.5. The first-order valence-corrected chi connectivity index (χ1v) is 23.0. The van der Waals surface area contributed by atoms with Crippen molar-refractivity contribution >= 4 is 17.1 Å². The molecular weight excluding hydrogens is 771 g/mol. The third-order valence-electron chi connectivity index (χ3n) is 14.9. The molecule has 0 atom stereocenters. The predicted molar refractivity (Wildman–Crippen MR) is 269 cm³/mol. The normalized spacial score (nSPS) is 15.4. The second kappa shape index (κ2) is 14.4. The van der Waals surface area contributed by atoms with Gasteiger partial charge in [0, 0.05) is 16.9 Å². The van der Waals surface area contributed by atoms with Crippen molar-refractivity contribution in [3.8, 4) is 55.6 Å². The summed E-state index contributed by atoms with van der Waals surface area (Å²) in [4.78, 5) is 2.55. The molecule has 64 heavy (non-hydrogen) atoms. The Balaban J connectivity index is 1.21. The van der Waals surface area contributed by atoms with Crippen LogP contribution in [0.1, 0.15) is 73.9 Å². The molecule has 0 heterocycles. The van der Waals surface area contributed by atoms with Crippen LogP contribution in [-0.4, -0.2) is 0 Å². The van der Waals surface area contributed by atoms with E-state index in [1.54, 1.807) is 0 Å². The smallest absolute Gasteiger partial charge is 0.0726 e. The second-order valence-corrected chi connectivity index (χ2v) is 19.5. The van der Waals surface area contributed by atoms with Crippen molar-refractivity contribution in [2.75, 3.05) is 4.90 Å². The van der Waals surface area contributed by atoms with Gasteiger partial charge in [0.2, 0.25) is 0 Å². The predicted octanol–water partition coefficient (Wildman–Crippen LogP) is 16.8. The summed E-state index contributed by atoms with van der Waals surface area (Å²) in [6.07, 6.45) is 2.34. The average Bonchev–Trinajstić information content (AvgIpc) is 3.80. The molecule has 0 bridgehead atoms. The van der Waals surface area contributed by atoms with Gasteiger partial charge in [-0.15, -0.1) is 0 Å². The highest BCUT2D eigenvalue weighted by Gasteiger charge is 2.52. The molecule has 9 aromatic rings. The quantitative estimate of drug-likeness (QED) is 0.161. The molecule has 0 N–H and O–H groups in total. The van der Waals surface area contributed by atoms with E-state index in [1.807, 2.05) is 0 Å². The van der Waals surface area contributed by atoms with Gasteiger partial charge in [0.05, 0.1) is 11.1 Å². The Morgan fingerprint density at radius 2 is 0.766 bits per heavy atom. The minimum atomic E-state index is -0.488. The Hall–Kier alpha value is -7.22. The van der Waals surface area contributed by atoms with Crippen LogP contribution in [0.5, 0.6) is 0 Å². The molecule has 0 saturated carbocycles. The zero-order valence-corrected chi connectivity index (χ0v) is 37.1. The summed E-state index contributed by atoms with van der Waals surface area (Å²) in [5.74, 6) is 0. The van der Waals surface area contributed by atoms with Crippen LogP contribution >= 0.6 is 0 Å². The molecular formula is C63H51N. The molecule has 0 aromatic heterocycles. The van der Waals surface area contributed by atoms with E-state index in [1.165, 1.54) is 95.4 Å². The summed E-state index contributed by atoms with van der Waals surface area (Å²) < 4.78 is 0. The van der Waals surface area contributed by atoms with E-state index >= 15 is 0 Å². The molecule has 308 valence electrons. The molecule has 0 unspecified atom stereocenters. The van der Waals surface area contributed by atoms with Gasteiger partial charge < -0.3 is 4.90 Å². The fourth-order valence-electron chi connectivity index (χ4n) is 11.6. The maximum absolute atomic E-state index is 2.59. The maximum atomic E-state index is 2.59. The van der Waals surface area contributed by atoms with E-state index in [9.17, 15) is 0 Å². The van der Waals surface area contributed by atoms with Gasteiger partial charge in [0.1, 0.15) is 0 Å². The van der Waals surface area contributed by atoms with Crippen LogP contribution in [0.2, 0.25) is 0 Å². The summed E-state index contributed by atoms with van der Waals surface area (Å²) in [6, 6.07) is 79.9. The number of benzene rings is 9. The highest BCUT2D eigenvalue weighted by atomic mass is 15.1. The fraction of sp³-hybridized carbons (Fsp3) is 0.143. The van der Waals surface area contributed by atoms with Gasteiger partial charge in [-0.25, -0.2) is 0 Å². The first-order valence-electron chi connectivity index (χ1n) is 23.0. The molecule has 0 fully saturated rings. The number of hydrogen-bond donors (Lipinski definition) is 0. The summed E-state index contributed by atoms with van der Waals surface area (Å²) in [5.41, 5.74) is 23.8. The molecule has 1 spiro atoms. The van der Waals surface area contributed by atoms with Crippen molar-refractivity contribution < 1.29 is 0 Å². The van der Waals surface area contributed by atoms with Crippen LogP contribution in [-0.2, 0) is 16.2 Å². The summed E-state index contributed by atoms with van der Waals surface area (Å²) in [5, 5.41) is 0. The van der Waals surface area contributed by atoms with Crippen LogP contribution in [0.15, 0.2) is 212 Å². The lowest BCUT2D eigenvalue weighted by Gasteiger charge is -2.42. The lowest BCUT2D eigenvalue weighted by Crippen LogP contribution is -2.33. The third-order valence-corrected chi connectivity index (χ3v) is 14.9. The van der Waals surface area contributed by atoms with E-state index < -0.39 is 5.41 Å². The monoisotopic (exact) mass is 821 g/mol. The average molecular weight is 822 g/mol. The molecule has 0 radical (unpaired) electrons. The number of hydrogen-bond acceptors (Lipinski definition) is 1. The Morgan fingerprint density at radius 3 is 1.31 bits per heavy atom. The van der Waals surface area contributed by atoms with Crippen LogP contribution in [0.4, 0.5) is 17.1 Å². The zero-order chi connectivity index (χ0) is 43.2. The number of rotatable bonds is 6. The van der Waals surface area contributed by atoms with E-state index in [4.69, 9.17) is 0 Å². The topological polar surface area (TPSA) is 3.24 Å². The highest BCUT2D eigenvalue weighted by molar-refractivity contribution is 6.00. The Bertz CT molecular complexity index is 3160. The Kier molecular flexibility index (Phi) is 8.66. The van der Waals surface area contributed by atoms with Crippen molar-refractivity contribution in [1.82, 2.24) is 0 Å². The van der Waals surface area contributed by atoms with Crippen LogP contribution in [0, 0.1) is 0 Å². The number of para-hydroxylation sites is 1. The van der Waals surface area contributed by atoms with E-state index in [0.717, 1.165) is 23.5 Å². The summed E-state index contributed by atoms with van der Waals surface area (Å²) in [7, 11) is 0. The summed E-state index contributed by atoms with van der Waals surface area (Å²) in [6.45, 7) is 9.74. The second-order valence-electron chi connectivity index (χ2n) is 19.5. The molecule has 1 heteroatoms. The SMILES string of the molecule is CC1(C)CCC(C)(C)c2cc(-c3cc4c(cc3N(c3ccccc3)c3cc(-c5ccccc5)cc(-c5ccccc5)c3)C3(c5ccccc5-c5ccccc53)c3ccccc3-4)ccc21. The van der Waals surface area contributed by atoms with Gasteiger partial charge in [-0.1, -0.05) is 198 Å². The van der Waals surface area contributed by atoms with Gasteiger partial charge in [0.25, 0.3) is 0 Å². The maximum Gasteiger partial charge on any atom is 0.0726 e. The minimum Gasteiger partial charge on any atom is -0.310 e. The third kappa shape index (κ3) is 5.77. The van der Waals surface area contributed by atoms with Gasteiger partial charge in [-0.2, -0.15) is 0 Å². The van der Waals surface area contributed by atoms with Gasteiger partial charge in [-0.05, 0) is 150 Å². The van der Waals surface area contributed by atoms with Crippen LogP contribution in [0.3, 0.4) is 0 Å². The molecule has 12 rings (SSSR count). The highest BCUT2D eigenvalue weighted by Crippen LogP contribution is 2.64. The molecule has 1 nitrogen and oxygen atoms in total. The van der Waals surface area contributed by atoms with E-state index in [2.05, 4.69) is 245 Å². The van der Waals surface area contributed by atoms with Crippen LogP contribution < -0.4 is 4.90 Å². The molecule has 3 aliphatic carbocycles. The van der Waals surface area contributed by atoms with Crippen molar-refractivity contribution in [3.63, 3.8) is 0 Å². The van der Waals surface area contributed by atoms with Crippen molar-refractivity contribution in [2.45, 2.75) is 56.8 Å². The number of fused-ring (bicyclic) bond motifs is 11. The van der Waals surface area contributed by atoms with Gasteiger partial charge in [0.15, 0.2) is 0 Å². The first-order chi connectivity index (χ1) is 31.2. The lowest BCUT2D eigenvalue weighted by molar-refractivity contribution is 0.332. The Morgan fingerprint density at radius 1 is 0.297 bits per heavy atom. The largest absolute Gasteiger partial charge is 0.310 e. The lowest BCUT2D eigenvalue weighted by atomic mass is 9.63. The van der Waals surface area contributed by atoms with Gasteiger partial charge in [-0.3, -0.25) is 0 Å². The van der Waals surface area contributed by atoms with Crippen molar-refractivity contribution in [3.05, 3.63) is 246 Å². The molecule has 9 aromatic carbocycles. The summed E-state index contributed by atoms with van der Waals surface area (Å²) >= 11 is 0. The fourth-order valence-corrected chi connectivity index (χ4v) is 11.6. The van der Waals surface area contributed by atoms with Crippen LogP contribution in [0.25, 0.3) is 55.6 Å². The van der Waals surface area contributed by atoms with Crippen molar-refractivity contribution in [2.24, 2.45) is 0 Å². The zero-order valence-electron chi connectivity index (χ0n) is 37.1.